The van der Waals surface area contributed by atoms with Gasteiger partial charge in [0.25, 0.3) is 0 Å². The summed E-state index contributed by atoms with van der Waals surface area (Å²) < 4.78 is 17.0. The van der Waals surface area contributed by atoms with E-state index in [4.69, 9.17) is 20.9 Å². The summed E-state index contributed by atoms with van der Waals surface area (Å²) in [6.45, 7) is 2.23. The number of allylic oxidation sites excluding steroid dienone is 9. The Bertz CT molecular complexity index is 1470. The number of ether oxygens (including phenoxy) is 2. The van der Waals surface area contributed by atoms with Gasteiger partial charge in [0.1, 0.15) is 0 Å². The maximum atomic E-state index is 9.92. The Labute approximate surface area is 276 Å². The number of methoxy groups -OCH3 is 2. The summed E-state index contributed by atoms with van der Waals surface area (Å²) in [5.74, 6) is 0.781. The predicted octanol–water partition coefficient (Wildman–Crippen LogP) is 8.77. The first-order chi connectivity index (χ1) is 21.9. The molecular formula is C39H50ClO4P. The minimum absolute atomic E-state index is 0.0668. The SMILES string of the molecule is CC.CC/C=C(\C=C/CO)P(OC)(c1ccccc1)(c1ccc(OC)cc1)c1ccccc1CC1=CC=C(Cl)C=CC1.COC. The van der Waals surface area contributed by atoms with Crippen LogP contribution in [0, 0.1) is 0 Å². The summed E-state index contributed by atoms with van der Waals surface area (Å²) in [7, 11) is 6.76. The third-order valence-electron chi connectivity index (χ3n) is 7.48. The smallest absolute Gasteiger partial charge is 0.0351 e. The molecule has 0 saturated carbocycles. The maximum Gasteiger partial charge on any atom is 0.0351 e. The molecule has 4 nitrogen and oxygen atoms in total. The Morgan fingerprint density at radius 1 is 0.867 bits per heavy atom. The number of aliphatic hydroxyl groups excluding tert-OH is 1. The molecule has 0 aromatic heterocycles. The van der Waals surface area contributed by atoms with Crippen molar-refractivity contribution in [2.45, 2.75) is 40.0 Å². The van der Waals surface area contributed by atoms with E-state index in [1.807, 2.05) is 57.4 Å². The van der Waals surface area contributed by atoms with E-state index in [0.717, 1.165) is 51.3 Å². The zero-order chi connectivity index (χ0) is 33.2. The monoisotopic (exact) mass is 648 g/mol. The zero-order valence-electron chi connectivity index (χ0n) is 27.9. The van der Waals surface area contributed by atoms with Crippen molar-refractivity contribution in [2.24, 2.45) is 0 Å². The second kappa shape index (κ2) is 19.3. The van der Waals surface area contributed by atoms with Gasteiger partial charge in [0.2, 0.25) is 0 Å². The van der Waals surface area contributed by atoms with Crippen LogP contribution >= 0.6 is 18.4 Å². The molecule has 45 heavy (non-hydrogen) atoms. The van der Waals surface area contributed by atoms with E-state index in [-0.39, 0.29) is 6.61 Å². The molecule has 3 aromatic rings. The minimum Gasteiger partial charge on any atom is -0.388 e. The maximum absolute atomic E-state index is 9.92. The van der Waals surface area contributed by atoms with E-state index in [9.17, 15) is 5.11 Å². The molecule has 4 rings (SSSR count). The predicted molar refractivity (Wildman–Crippen MR) is 197 cm³/mol. The molecule has 1 N–H and O–H groups in total. The topological polar surface area (TPSA) is 47.9 Å². The summed E-state index contributed by atoms with van der Waals surface area (Å²) in [4.78, 5) is 0. The van der Waals surface area contributed by atoms with Gasteiger partial charge < -0.3 is 4.74 Å². The number of halogens is 1. The average Bonchev–Trinajstić information content (AvgIpc) is 3.30. The summed E-state index contributed by atoms with van der Waals surface area (Å²) in [6, 6.07) is 27.5. The standard InChI is InChI=1S/C35H38ClO3P.C2H6O.C2H6/c1-4-12-32(18-11-26-37)40(39-3,33-16-6-5-7-17-33,34-24-22-31(38-2)23-25-34)35-19-9-8-14-29(35)27-28-13-10-15-30(36)21-20-28;1-3-2;1-2/h5-12,14-25,37H,4,13,26-27H2,1-3H3;1-2H3;1-2H3/b18-11-,32-12+;;. The van der Waals surface area contributed by atoms with E-state index >= 15 is 0 Å². The van der Waals surface area contributed by atoms with E-state index in [0.29, 0.717) is 0 Å². The van der Waals surface area contributed by atoms with Crippen molar-refractivity contribution < 1.29 is 19.1 Å². The molecule has 0 heterocycles. The molecule has 0 unspecified atom stereocenters. The molecule has 242 valence electrons. The second-order valence-corrected chi connectivity index (χ2v) is 15.0. The molecule has 0 radical (unpaired) electrons. The van der Waals surface area contributed by atoms with Gasteiger partial charge in [-0.25, -0.2) is 0 Å². The van der Waals surface area contributed by atoms with Gasteiger partial charge in [-0.3, -0.25) is 0 Å². The van der Waals surface area contributed by atoms with Crippen LogP contribution in [0.5, 0.6) is 5.75 Å². The summed E-state index contributed by atoms with van der Waals surface area (Å²) >= 11 is 6.32. The molecule has 0 atom stereocenters. The number of aliphatic hydroxyl groups is 1. The van der Waals surface area contributed by atoms with Crippen molar-refractivity contribution in [3.05, 3.63) is 143 Å². The first-order valence-electron chi connectivity index (χ1n) is 15.4. The molecule has 1 aliphatic carbocycles. The van der Waals surface area contributed by atoms with E-state index in [1.165, 1.54) is 11.1 Å². The van der Waals surface area contributed by atoms with Gasteiger partial charge in [-0.05, 0) is 0 Å². The van der Waals surface area contributed by atoms with Crippen LogP contribution in [0.1, 0.15) is 39.2 Å². The fourth-order valence-corrected chi connectivity index (χ4v) is 11.9. The van der Waals surface area contributed by atoms with Crippen LogP contribution in [-0.4, -0.2) is 40.2 Å². The van der Waals surface area contributed by atoms with E-state index in [2.05, 4.69) is 96.6 Å². The summed E-state index contributed by atoms with van der Waals surface area (Å²) in [6.07, 6.45) is 16.6. The quantitative estimate of drug-likeness (QED) is 0.167. The largest absolute Gasteiger partial charge is 0.388 e. The molecule has 6 heteroatoms. The zero-order valence-corrected chi connectivity index (χ0v) is 29.5. The number of hydrogen-bond donors (Lipinski definition) is 1. The summed E-state index contributed by atoms with van der Waals surface area (Å²) in [5.41, 5.74) is 2.45. The third-order valence-corrected chi connectivity index (χ3v) is 13.7. The summed E-state index contributed by atoms with van der Waals surface area (Å²) in [5, 5.41) is 15.0. The van der Waals surface area contributed by atoms with Crippen LogP contribution in [0.15, 0.2) is 137 Å². The first-order valence-corrected chi connectivity index (χ1v) is 17.9. The Balaban J connectivity index is 0.00000133. The number of benzene rings is 3. The Hall–Kier alpha value is -3.24. The van der Waals surface area contributed by atoms with Crippen LogP contribution < -0.4 is 20.7 Å². The van der Waals surface area contributed by atoms with Crippen LogP contribution in [0.2, 0.25) is 0 Å². The van der Waals surface area contributed by atoms with Crippen LogP contribution in [0.4, 0.5) is 0 Å². The Morgan fingerprint density at radius 3 is 2.09 bits per heavy atom. The van der Waals surface area contributed by atoms with Crippen LogP contribution in [0.25, 0.3) is 0 Å². The molecule has 0 saturated heterocycles. The number of hydrogen-bond acceptors (Lipinski definition) is 4. The van der Waals surface area contributed by atoms with Gasteiger partial charge in [-0.1, -0.05) is 13.8 Å². The second-order valence-electron chi connectivity index (χ2n) is 10.1. The van der Waals surface area contributed by atoms with E-state index < -0.39 is 6.83 Å². The van der Waals surface area contributed by atoms with Crippen molar-refractivity contribution in [1.29, 1.82) is 0 Å². The van der Waals surface area contributed by atoms with Gasteiger partial charge in [-0.2, -0.15) is 0 Å². The van der Waals surface area contributed by atoms with Crippen LogP contribution in [-0.2, 0) is 15.7 Å². The first kappa shape index (κ1) is 37.9. The van der Waals surface area contributed by atoms with Crippen LogP contribution in [0.3, 0.4) is 0 Å². The Morgan fingerprint density at radius 2 is 1.49 bits per heavy atom. The normalized spacial score (nSPS) is 14.1. The van der Waals surface area contributed by atoms with Crippen molar-refractivity contribution in [3.63, 3.8) is 0 Å². The fourth-order valence-electron chi connectivity index (χ4n) is 5.72. The molecule has 3 aromatic carbocycles. The van der Waals surface area contributed by atoms with Gasteiger partial charge in [0.05, 0.1) is 0 Å². The molecule has 0 aliphatic heterocycles. The molecule has 0 bridgehead atoms. The van der Waals surface area contributed by atoms with Crippen molar-refractivity contribution in [1.82, 2.24) is 0 Å². The number of rotatable bonds is 11. The van der Waals surface area contributed by atoms with Crippen molar-refractivity contribution in [3.8, 4) is 5.75 Å². The average molecular weight is 649 g/mol. The van der Waals surface area contributed by atoms with Gasteiger partial charge in [-0.15, -0.1) is 0 Å². The van der Waals surface area contributed by atoms with Gasteiger partial charge in [0, 0.05) is 14.2 Å². The fraction of sp³-hybridized carbons (Fsp3) is 0.282. The van der Waals surface area contributed by atoms with Crippen molar-refractivity contribution in [2.75, 3.05) is 35.0 Å². The molecule has 0 spiro atoms. The van der Waals surface area contributed by atoms with Crippen molar-refractivity contribution >= 4 is 34.3 Å². The third kappa shape index (κ3) is 8.33. The van der Waals surface area contributed by atoms with Gasteiger partial charge >= 0.3 is 244 Å². The molecule has 0 amide bonds. The molecule has 0 fully saturated rings. The van der Waals surface area contributed by atoms with E-state index in [1.54, 1.807) is 21.3 Å². The Kier molecular flexibility index (Phi) is 16.3. The minimum atomic E-state index is -3.84. The molecule has 1 aliphatic rings. The molecular weight excluding hydrogens is 599 g/mol. The van der Waals surface area contributed by atoms with Gasteiger partial charge in [0.15, 0.2) is 0 Å².